The zero-order valence-corrected chi connectivity index (χ0v) is 10.5. The number of benzene rings is 2. The van der Waals surface area contributed by atoms with Crippen molar-refractivity contribution in [1.29, 1.82) is 0 Å². The van der Waals surface area contributed by atoms with Crippen LogP contribution in [0.4, 0.5) is 10.1 Å². The molecule has 0 spiro atoms. The van der Waals surface area contributed by atoms with Gasteiger partial charge < -0.3 is 10.8 Å². The zero-order valence-electron chi connectivity index (χ0n) is 10.5. The van der Waals surface area contributed by atoms with Gasteiger partial charge in [0.2, 0.25) is 0 Å². The Morgan fingerprint density at radius 3 is 2.35 bits per heavy atom. The molecule has 2 rings (SSSR count). The molecule has 104 valence electrons. The van der Waals surface area contributed by atoms with Gasteiger partial charge in [0.15, 0.2) is 0 Å². The van der Waals surface area contributed by atoms with Gasteiger partial charge in [-0.1, -0.05) is 24.3 Å². The van der Waals surface area contributed by atoms with Crippen molar-refractivity contribution in [2.45, 2.75) is 5.54 Å². The molecule has 20 heavy (non-hydrogen) atoms. The van der Waals surface area contributed by atoms with Crippen molar-refractivity contribution in [3.63, 3.8) is 0 Å². The van der Waals surface area contributed by atoms with Crippen LogP contribution in [0.2, 0.25) is 0 Å². The number of non-ortho nitro benzene ring substituents is 1. The molecule has 0 heterocycles. The van der Waals surface area contributed by atoms with Crippen LogP contribution in [0.5, 0.6) is 0 Å². The van der Waals surface area contributed by atoms with Crippen LogP contribution in [-0.4, -0.2) is 16.6 Å². The largest absolute Gasteiger partial charge is 0.394 e. The van der Waals surface area contributed by atoms with E-state index in [1.54, 1.807) is 12.1 Å². The van der Waals surface area contributed by atoms with E-state index in [0.717, 1.165) is 0 Å². The molecular weight excluding hydrogens is 263 g/mol. The first-order valence-electron chi connectivity index (χ1n) is 5.88. The number of hydrogen-bond donors (Lipinski definition) is 2. The molecule has 0 aliphatic heterocycles. The summed E-state index contributed by atoms with van der Waals surface area (Å²) >= 11 is 0. The Morgan fingerprint density at radius 1 is 1.20 bits per heavy atom. The van der Waals surface area contributed by atoms with E-state index in [4.69, 9.17) is 5.73 Å². The fourth-order valence-corrected chi connectivity index (χ4v) is 2.01. The van der Waals surface area contributed by atoms with Crippen LogP contribution in [0.3, 0.4) is 0 Å². The van der Waals surface area contributed by atoms with Crippen molar-refractivity contribution in [3.8, 4) is 0 Å². The molecule has 3 N–H and O–H groups in total. The molecule has 0 aliphatic carbocycles. The van der Waals surface area contributed by atoms with Gasteiger partial charge in [0, 0.05) is 12.1 Å². The van der Waals surface area contributed by atoms with Crippen LogP contribution in [0.15, 0.2) is 48.5 Å². The summed E-state index contributed by atoms with van der Waals surface area (Å²) in [5.41, 5.74) is 5.30. The highest BCUT2D eigenvalue weighted by Gasteiger charge is 2.30. The third-order valence-electron chi connectivity index (χ3n) is 3.16. The van der Waals surface area contributed by atoms with Gasteiger partial charge in [0.05, 0.1) is 17.1 Å². The molecule has 6 heteroatoms. The Balaban J connectivity index is 2.55. The fraction of sp³-hybridized carbons (Fsp3) is 0.143. The molecule has 1 atom stereocenters. The molecule has 1 unspecified atom stereocenters. The number of halogens is 1. The number of hydrogen-bond acceptors (Lipinski definition) is 4. The average molecular weight is 276 g/mol. The average Bonchev–Trinajstić information content (AvgIpc) is 2.46. The van der Waals surface area contributed by atoms with E-state index >= 15 is 0 Å². The Morgan fingerprint density at radius 2 is 1.80 bits per heavy atom. The Labute approximate surface area is 114 Å². The van der Waals surface area contributed by atoms with Gasteiger partial charge in [-0.25, -0.2) is 4.39 Å². The lowest BCUT2D eigenvalue weighted by molar-refractivity contribution is -0.385. The second-order valence-electron chi connectivity index (χ2n) is 4.45. The van der Waals surface area contributed by atoms with Gasteiger partial charge >= 0.3 is 0 Å². The number of nitrogens with zero attached hydrogens (tertiary/aromatic N) is 1. The molecule has 0 aromatic heterocycles. The monoisotopic (exact) mass is 276 g/mol. The van der Waals surface area contributed by atoms with Crippen molar-refractivity contribution in [3.05, 3.63) is 75.6 Å². The molecule has 2 aromatic carbocycles. The smallest absolute Gasteiger partial charge is 0.269 e. The molecule has 2 aromatic rings. The number of rotatable bonds is 4. The van der Waals surface area contributed by atoms with E-state index in [9.17, 15) is 19.6 Å². The van der Waals surface area contributed by atoms with E-state index in [1.807, 2.05) is 0 Å². The lowest BCUT2D eigenvalue weighted by Crippen LogP contribution is -2.41. The van der Waals surface area contributed by atoms with Gasteiger partial charge in [-0.3, -0.25) is 10.1 Å². The Kier molecular flexibility index (Phi) is 3.78. The maximum absolute atomic E-state index is 13.3. The molecule has 0 saturated carbocycles. The molecular formula is C14H13FN2O3. The van der Waals surface area contributed by atoms with Gasteiger partial charge in [-0.05, 0) is 23.3 Å². The van der Waals surface area contributed by atoms with E-state index in [-0.39, 0.29) is 5.69 Å². The first-order chi connectivity index (χ1) is 9.47. The standard InChI is InChI=1S/C14H13FN2O3/c15-12-5-1-3-10(7-12)14(16,9-18)11-4-2-6-13(8-11)17(19)20/h1-8,18H,9,16H2. The van der Waals surface area contributed by atoms with Crippen LogP contribution in [0, 0.1) is 15.9 Å². The SMILES string of the molecule is NC(CO)(c1cccc(F)c1)c1cccc([N+](=O)[O-])c1. The summed E-state index contributed by atoms with van der Waals surface area (Å²) in [6.07, 6.45) is 0. The molecule has 0 radical (unpaired) electrons. The molecule has 0 bridgehead atoms. The minimum absolute atomic E-state index is 0.137. The van der Waals surface area contributed by atoms with Gasteiger partial charge in [-0.15, -0.1) is 0 Å². The minimum atomic E-state index is -1.39. The second-order valence-corrected chi connectivity index (χ2v) is 4.45. The maximum atomic E-state index is 13.3. The molecule has 0 amide bonds. The van der Waals surface area contributed by atoms with Crippen molar-refractivity contribution in [1.82, 2.24) is 0 Å². The summed E-state index contributed by atoms with van der Waals surface area (Å²) in [6, 6.07) is 11.1. The molecule has 0 aliphatic rings. The van der Waals surface area contributed by atoms with Crippen molar-refractivity contribution in [2.75, 3.05) is 6.61 Å². The van der Waals surface area contributed by atoms with E-state index in [0.29, 0.717) is 11.1 Å². The first-order valence-corrected chi connectivity index (χ1v) is 5.88. The Bertz CT molecular complexity index is 648. The van der Waals surface area contributed by atoms with Crippen molar-refractivity contribution < 1.29 is 14.4 Å². The van der Waals surface area contributed by atoms with Crippen LogP contribution in [-0.2, 0) is 5.54 Å². The third kappa shape index (κ3) is 2.52. The normalized spacial score (nSPS) is 13.8. The minimum Gasteiger partial charge on any atom is -0.394 e. The van der Waals surface area contributed by atoms with Crippen molar-refractivity contribution >= 4 is 5.69 Å². The van der Waals surface area contributed by atoms with Gasteiger partial charge in [0.25, 0.3) is 5.69 Å². The highest BCUT2D eigenvalue weighted by Crippen LogP contribution is 2.29. The lowest BCUT2D eigenvalue weighted by Gasteiger charge is -2.28. The number of nitrogens with two attached hydrogens (primary N) is 1. The van der Waals surface area contributed by atoms with E-state index < -0.39 is 22.9 Å². The second kappa shape index (κ2) is 5.36. The van der Waals surface area contributed by atoms with Crippen LogP contribution in [0.25, 0.3) is 0 Å². The van der Waals surface area contributed by atoms with Gasteiger partial charge in [-0.2, -0.15) is 0 Å². The topological polar surface area (TPSA) is 89.4 Å². The highest BCUT2D eigenvalue weighted by molar-refractivity contribution is 5.44. The lowest BCUT2D eigenvalue weighted by atomic mass is 9.84. The summed E-state index contributed by atoms with van der Waals surface area (Å²) in [5, 5.41) is 20.4. The highest BCUT2D eigenvalue weighted by atomic mass is 19.1. The quantitative estimate of drug-likeness (QED) is 0.659. The molecule has 0 fully saturated rings. The number of aliphatic hydroxyl groups is 1. The predicted molar refractivity (Wildman–Crippen MR) is 71.5 cm³/mol. The Hall–Kier alpha value is -2.31. The number of nitro groups is 1. The van der Waals surface area contributed by atoms with E-state index in [2.05, 4.69) is 0 Å². The zero-order chi connectivity index (χ0) is 14.8. The molecule has 0 saturated heterocycles. The summed E-state index contributed by atoms with van der Waals surface area (Å²) < 4.78 is 13.3. The summed E-state index contributed by atoms with van der Waals surface area (Å²) in [6.45, 7) is -0.502. The molecule has 5 nitrogen and oxygen atoms in total. The summed E-state index contributed by atoms with van der Waals surface area (Å²) in [4.78, 5) is 10.3. The van der Waals surface area contributed by atoms with Crippen LogP contribution in [0.1, 0.15) is 11.1 Å². The van der Waals surface area contributed by atoms with Crippen LogP contribution >= 0.6 is 0 Å². The predicted octanol–water partition coefficient (Wildman–Crippen LogP) is 1.93. The first kappa shape index (κ1) is 14.1. The number of nitro benzene ring substituents is 1. The fourth-order valence-electron chi connectivity index (χ4n) is 2.01. The maximum Gasteiger partial charge on any atom is 0.269 e. The summed E-state index contributed by atoms with van der Waals surface area (Å²) in [7, 11) is 0. The van der Waals surface area contributed by atoms with Gasteiger partial charge in [0.1, 0.15) is 5.82 Å². The summed E-state index contributed by atoms with van der Waals surface area (Å²) in [5.74, 6) is -0.490. The van der Waals surface area contributed by atoms with Crippen LogP contribution < -0.4 is 5.73 Å². The number of aliphatic hydroxyl groups excluding tert-OH is 1. The van der Waals surface area contributed by atoms with Crippen molar-refractivity contribution in [2.24, 2.45) is 5.73 Å². The third-order valence-corrected chi connectivity index (χ3v) is 3.16. The van der Waals surface area contributed by atoms with E-state index in [1.165, 1.54) is 36.4 Å².